The van der Waals surface area contributed by atoms with Crippen molar-refractivity contribution in [1.82, 2.24) is 29.8 Å². The summed E-state index contributed by atoms with van der Waals surface area (Å²) in [4.78, 5) is 23.7. The van der Waals surface area contributed by atoms with Gasteiger partial charge in [0, 0.05) is 31.4 Å². The first kappa shape index (κ1) is 21.8. The quantitative estimate of drug-likeness (QED) is 0.591. The standard InChI is InChI=1S/C21H25FN8O2/c1-12(30-4-6-32-7-5-30)14-8-16(19-26-13(2)27-21(23)29-19)18(24-10-14)28-15-9-17(22)20(31-3)25-11-15/h8-12H,4-7H2,1-3H3,(H,24,28)(H2,23,26,27,29). The van der Waals surface area contributed by atoms with Gasteiger partial charge < -0.3 is 20.5 Å². The van der Waals surface area contributed by atoms with E-state index in [4.69, 9.17) is 15.2 Å². The Kier molecular flexibility index (Phi) is 6.37. The topological polar surface area (TPSA) is 124 Å². The Bertz CT molecular complexity index is 1090. The molecule has 1 aliphatic rings. The van der Waals surface area contributed by atoms with Crippen LogP contribution in [0.2, 0.25) is 0 Å². The summed E-state index contributed by atoms with van der Waals surface area (Å²) in [7, 11) is 1.36. The molecular weight excluding hydrogens is 415 g/mol. The number of morpholine rings is 1. The third kappa shape index (κ3) is 4.73. The number of halogens is 1. The van der Waals surface area contributed by atoms with Crippen molar-refractivity contribution in [3.8, 4) is 17.3 Å². The second kappa shape index (κ2) is 9.37. The Balaban J connectivity index is 1.74. The number of nitrogens with two attached hydrogens (primary N) is 1. The molecule has 3 aromatic heterocycles. The average Bonchev–Trinajstić information content (AvgIpc) is 2.79. The van der Waals surface area contributed by atoms with Gasteiger partial charge in [-0.25, -0.2) is 19.3 Å². The van der Waals surface area contributed by atoms with E-state index in [2.05, 4.69) is 42.1 Å². The summed E-state index contributed by atoms with van der Waals surface area (Å²) >= 11 is 0. The summed E-state index contributed by atoms with van der Waals surface area (Å²) < 4.78 is 24.5. The number of ether oxygens (including phenoxy) is 2. The SMILES string of the molecule is COc1ncc(Nc2ncc(C(C)N3CCOCC3)cc2-c2nc(C)nc(N)n2)cc1F. The highest BCUT2D eigenvalue weighted by molar-refractivity contribution is 5.75. The minimum Gasteiger partial charge on any atom is -0.479 e. The van der Waals surface area contributed by atoms with E-state index in [-0.39, 0.29) is 17.9 Å². The van der Waals surface area contributed by atoms with Crippen LogP contribution in [-0.4, -0.2) is 63.2 Å². The molecule has 1 unspecified atom stereocenters. The Morgan fingerprint density at radius 2 is 1.94 bits per heavy atom. The van der Waals surface area contributed by atoms with Crippen molar-refractivity contribution in [3.05, 3.63) is 41.7 Å². The first-order valence-corrected chi connectivity index (χ1v) is 10.2. The molecule has 11 heteroatoms. The van der Waals surface area contributed by atoms with Crippen LogP contribution in [0, 0.1) is 12.7 Å². The molecule has 0 saturated carbocycles. The summed E-state index contributed by atoms with van der Waals surface area (Å²) in [6.45, 7) is 6.93. The van der Waals surface area contributed by atoms with Crippen LogP contribution in [0.1, 0.15) is 24.4 Å². The lowest BCUT2D eigenvalue weighted by atomic mass is 10.1. The van der Waals surface area contributed by atoms with E-state index in [1.54, 1.807) is 13.1 Å². The van der Waals surface area contributed by atoms with Crippen LogP contribution in [0.4, 0.5) is 21.8 Å². The zero-order chi connectivity index (χ0) is 22.7. The van der Waals surface area contributed by atoms with Crippen molar-refractivity contribution in [2.75, 3.05) is 44.5 Å². The molecule has 1 fully saturated rings. The molecule has 0 bridgehead atoms. The zero-order valence-electron chi connectivity index (χ0n) is 18.2. The number of aryl methyl sites for hydroxylation is 1. The van der Waals surface area contributed by atoms with Gasteiger partial charge in [0.05, 0.1) is 37.8 Å². The number of nitrogens with one attached hydrogen (secondary N) is 1. The summed E-state index contributed by atoms with van der Waals surface area (Å²) in [6, 6.07) is 3.37. The number of hydrogen-bond donors (Lipinski definition) is 2. The highest BCUT2D eigenvalue weighted by Gasteiger charge is 2.21. The number of nitrogens with zero attached hydrogens (tertiary/aromatic N) is 6. The molecule has 0 amide bonds. The fourth-order valence-electron chi connectivity index (χ4n) is 3.56. The summed E-state index contributed by atoms with van der Waals surface area (Å²) in [5.41, 5.74) is 7.88. The van der Waals surface area contributed by atoms with E-state index >= 15 is 0 Å². The van der Waals surface area contributed by atoms with Crippen molar-refractivity contribution in [2.45, 2.75) is 19.9 Å². The molecule has 0 aliphatic carbocycles. The molecule has 168 valence electrons. The monoisotopic (exact) mass is 440 g/mol. The number of methoxy groups -OCH3 is 1. The van der Waals surface area contributed by atoms with Crippen molar-refractivity contribution < 1.29 is 13.9 Å². The summed E-state index contributed by atoms with van der Waals surface area (Å²) in [5, 5.41) is 3.10. The fraction of sp³-hybridized carbons (Fsp3) is 0.381. The number of anilines is 3. The average molecular weight is 440 g/mol. The number of hydrogen-bond acceptors (Lipinski definition) is 10. The van der Waals surface area contributed by atoms with Gasteiger partial charge in [-0.1, -0.05) is 0 Å². The smallest absolute Gasteiger partial charge is 0.250 e. The van der Waals surface area contributed by atoms with Crippen LogP contribution in [0.3, 0.4) is 0 Å². The Morgan fingerprint density at radius 1 is 1.16 bits per heavy atom. The minimum absolute atomic E-state index is 0.0840. The number of aromatic nitrogens is 5. The molecular formula is C21H25FN8O2. The maximum atomic E-state index is 14.1. The molecule has 4 rings (SSSR count). The molecule has 0 aromatic carbocycles. The third-order valence-corrected chi connectivity index (χ3v) is 5.25. The number of pyridine rings is 2. The van der Waals surface area contributed by atoms with Gasteiger partial charge in [-0.3, -0.25) is 4.90 Å². The van der Waals surface area contributed by atoms with Crippen molar-refractivity contribution in [2.24, 2.45) is 0 Å². The molecule has 0 spiro atoms. The van der Waals surface area contributed by atoms with Gasteiger partial charge >= 0.3 is 0 Å². The third-order valence-electron chi connectivity index (χ3n) is 5.25. The lowest BCUT2D eigenvalue weighted by Crippen LogP contribution is -2.38. The van der Waals surface area contributed by atoms with E-state index in [1.165, 1.54) is 19.4 Å². The minimum atomic E-state index is -0.586. The van der Waals surface area contributed by atoms with Crippen LogP contribution in [0.15, 0.2) is 24.5 Å². The van der Waals surface area contributed by atoms with E-state index in [0.717, 1.165) is 18.7 Å². The second-order valence-corrected chi connectivity index (χ2v) is 7.39. The van der Waals surface area contributed by atoms with Gasteiger partial charge in [0.2, 0.25) is 11.8 Å². The molecule has 1 saturated heterocycles. The predicted molar refractivity (Wildman–Crippen MR) is 117 cm³/mol. The van der Waals surface area contributed by atoms with Gasteiger partial charge in [-0.2, -0.15) is 9.97 Å². The predicted octanol–water partition coefficient (Wildman–Crippen LogP) is 2.50. The van der Waals surface area contributed by atoms with E-state index in [1.807, 2.05) is 6.07 Å². The lowest BCUT2D eigenvalue weighted by Gasteiger charge is -2.32. The summed E-state index contributed by atoms with van der Waals surface area (Å²) in [6.07, 6.45) is 3.25. The van der Waals surface area contributed by atoms with Gasteiger partial charge in [0.25, 0.3) is 0 Å². The van der Waals surface area contributed by atoms with Crippen LogP contribution < -0.4 is 15.8 Å². The molecule has 1 aliphatic heterocycles. The number of rotatable bonds is 6. The maximum Gasteiger partial charge on any atom is 0.250 e. The van der Waals surface area contributed by atoms with Gasteiger partial charge in [-0.05, 0) is 25.5 Å². The van der Waals surface area contributed by atoms with Crippen LogP contribution in [-0.2, 0) is 4.74 Å². The largest absolute Gasteiger partial charge is 0.479 e. The Labute approximate surface area is 185 Å². The van der Waals surface area contributed by atoms with E-state index in [0.29, 0.717) is 41.9 Å². The molecule has 10 nitrogen and oxygen atoms in total. The van der Waals surface area contributed by atoms with Crippen molar-refractivity contribution >= 4 is 17.5 Å². The highest BCUT2D eigenvalue weighted by Crippen LogP contribution is 2.31. The maximum absolute atomic E-state index is 14.1. The molecule has 1 atom stereocenters. The molecule has 0 radical (unpaired) electrons. The Hall–Kier alpha value is -3.44. The van der Waals surface area contributed by atoms with E-state index in [9.17, 15) is 4.39 Å². The van der Waals surface area contributed by atoms with Crippen LogP contribution in [0.5, 0.6) is 5.88 Å². The normalized spacial score (nSPS) is 15.4. The Morgan fingerprint density at radius 3 is 2.62 bits per heavy atom. The molecule has 4 heterocycles. The van der Waals surface area contributed by atoms with Gasteiger partial charge in [-0.15, -0.1) is 0 Å². The second-order valence-electron chi connectivity index (χ2n) is 7.39. The number of nitrogen functional groups attached to an aromatic ring is 1. The van der Waals surface area contributed by atoms with Gasteiger partial charge in [0.15, 0.2) is 11.6 Å². The summed E-state index contributed by atoms with van der Waals surface area (Å²) in [5.74, 6) is 0.753. The highest BCUT2D eigenvalue weighted by atomic mass is 19.1. The van der Waals surface area contributed by atoms with Gasteiger partial charge in [0.1, 0.15) is 11.6 Å². The van der Waals surface area contributed by atoms with Crippen molar-refractivity contribution in [3.63, 3.8) is 0 Å². The molecule has 32 heavy (non-hydrogen) atoms. The van der Waals surface area contributed by atoms with E-state index < -0.39 is 5.82 Å². The molecule has 3 aromatic rings. The van der Waals surface area contributed by atoms with Crippen LogP contribution >= 0.6 is 0 Å². The first-order valence-electron chi connectivity index (χ1n) is 10.2. The lowest BCUT2D eigenvalue weighted by molar-refractivity contribution is 0.0198. The first-order chi connectivity index (χ1) is 15.4. The zero-order valence-corrected chi connectivity index (χ0v) is 18.2. The molecule has 3 N–H and O–H groups in total. The fourth-order valence-corrected chi connectivity index (χ4v) is 3.56. The van der Waals surface area contributed by atoms with Crippen LogP contribution in [0.25, 0.3) is 11.4 Å². The van der Waals surface area contributed by atoms with Crippen molar-refractivity contribution in [1.29, 1.82) is 0 Å².